The number of carbonyl (C=O) groups is 1. The van der Waals surface area contributed by atoms with Crippen molar-refractivity contribution in [3.05, 3.63) is 29.3 Å². The van der Waals surface area contributed by atoms with Crippen molar-refractivity contribution in [1.29, 1.82) is 0 Å². The maximum absolute atomic E-state index is 12.3. The molecule has 0 heterocycles. The number of nitrogens with two attached hydrogens (primary N) is 1. The quantitative estimate of drug-likeness (QED) is 0.814. The highest BCUT2D eigenvalue weighted by Crippen LogP contribution is 2.38. The normalized spacial score (nSPS) is 22.2. The number of aryl methyl sites for hydroxylation is 1. The van der Waals surface area contributed by atoms with E-state index < -0.39 is 5.60 Å². The molecule has 2 atom stereocenters. The van der Waals surface area contributed by atoms with Crippen LogP contribution in [0.15, 0.2) is 18.2 Å². The fraction of sp³-hybridized carbons (Fsp3) is 0.562. The molecular weight excluding hydrogens is 254 g/mol. The molecule has 1 aromatic rings. The van der Waals surface area contributed by atoms with Crippen LogP contribution in [0.4, 0.5) is 0 Å². The number of aromatic hydroxyl groups is 1. The summed E-state index contributed by atoms with van der Waals surface area (Å²) in [6.07, 6.45) is 1.56. The van der Waals surface area contributed by atoms with Crippen LogP contribution in [-0.2, 0) is 16.0 Å². The molecule has 0 aromatic heterocycles. The van der Waals surface area contributed by atoms with Crippen LogP contribution in [0, 0.1) is 5.92 Å². The molecule has 4 nitrogen and oxygen atoms in total. The highest BCUT2D eigenvalue weighted by Gasteiger charge is 2.36. The van der Waals surface area contributed by atoms with E-state index in [-0.39, 0.29) is 23.6 Å². The highest BCUT2D eigenvalue weighted by atomic mass is 16.6. The number of benzene rings is 1. The third kappa shape index (κ3) is 3.12. The van der Waals surface area contributed by atoms with Crippen LogP contribution in [0.25, 0.3) is 0 Å². The van der Waals surface area contributed by atoms with Crippen LogP contribution in [0.1, 0.15) is 44.2 Å². The summed E-state index contributed by atoms with van der Waals surface area (Å²) < 4.78 is 5.50. The predicted molar refractivity (Wildman–Crippen MR) is 77.6 cm³/mol. The number of hydrogen-bond donors (Lipinski definition) is 2. The molecule has 1 aromatic carbocycles. The molecule has 0 saturated heterocycles. The molecule has 0 saturated carbocycles. The van der Waals surface area contributed by atoms with Crippen molar-refractivity contribution in [2.24, 2.45) is 11.7 Å². The Morgan fingerprint density at radius 2 is 2.15 bits per heavy atom. The first-order chi connectivity index (χ1) is 9.31. The Morgan fingerprint density at radius 3 is 2.75 bits per heavy atom. The minimum atomic E-state index is -0.491. The Morgan fingerprint density at radius 1 is 1.45 bits per heavy atom. The molecule has 0 bridgehead atoms. The van der Waals surface area contributed by atoms with Gasteiger partial charge in [0.1, 0.15) is 11.4 Å². The summed E-state index contributed by atoms with van der Waals surface area (Å²) in [4.78, 5) is 12.3. The molecular formula is C16H23NO3. The van der Waals surface area contributed by atoms with Gasteiger partial charge in [0.25, 0.3) is 0 Å². The molecule has 2 rings (SSSR count). The van der Waals surface area contributed by atoms with E-state index in [0.29, 0.717) is 6.54 Å². The number of hydrogen-bond acceptors (Lipinski definition) is 4. The van der Waals surface area contributed by atoms with Crippen molar-refractivity contribution in [3.63, 3.8) is 0 Å². The first kappa shape index (κ1) is 14.9. The van der Waals surface area contributed by atoms with E-state index in [4.69, 9.17) is 10.5 Å². The smallest absolute Gasteiger partial charge is 0.310 e. The molecule has 4 heteroatoms. The molecule has 1 unspecified atom stereocenters. The first-order valence-electron chi connectivity index (χ1n) is 7.06. The lowest BCUT2D eigenvalue weighted by Gasteiger charge is -2.33. The number of carbonyl (C=O) groups excluding carboxylic acids is 1. The monoisotopic (exact) mass is 277 g/mol. The summed E-state index contributed by atoms with van der Waals surface area (Å²) in [7, 11) is 0. The fourth-order valence-corrected chi connectivity index (χ4v) is 2.83. The second-order valence-corrected chi connectivity index (χ2v) is 6.40. The molecule has 0 fully saturated rings. The number of fused-ring (bicyclic) bond motifs is 1. The van der Waals surface area contributed by atoms with E-state index in [1.54, 1.807) is 12.1 Å². The summed E-state index contributed by atoms with van der Waals surface area (Å²) in [5.41, 5.74) is 7.53. The number of phenolic OH excluding ortho intramolecular Hbond substituents is 1. The maximum atomic E-state index is 12.3. The lowest BCUT2D eigenvalue weighted by molar-refractivity contribution is -0.161. The topological polar surface area (TPSA) is 72.5 Å². The molecule has 20 heavy (non-hydrogen) atoms. The van der Waals surface area contributed by atoms with E-state index in [2.05, 4.69) is 0 Å². The minimum absolute atomic E-state index is 0.0827. The summed E-state index contributed by atoms with van der Waals surface area (Å²) in [6.45, 7) is 5.97. The summed E-state index contributed by atoms with van der Waals surface area (Å²) in [5.74, 6) is -0.289. The Kier molecular flexibility index (Phi) is 4.04. The molecule has 1 aliphatic rings. The van der Waals surface area contributed by atoms with Crippen molar-refractivity contribution in [1.82, 2.24) is 0 Å². The SMILES string of the molecule is CC(C)(C)OC(=O)[C@H]1CCc2ccc(O)cc2C1CN. The average molecular weight is 277 g/mol. The third-order valence-corrected chi connectivity index (χ3v) is 3.70. The van der Waals surface area contributed by atoms with E-state index in [1.165, 1.54) is 0 Å². The lowest BCUT2D eigenvalue weighted by Crippen LogP contribution is -2.36. The van der Waals surface area contributed by atoms with Gasteiger partial charge in [0, 0.05) is 12.5 Å². The second kappa shape index (κ2) is 5.44. The summed E-state index contributed by atoms with van der Waals surface area (Å²) in [6, 6.07) is 5.32. The Bertz CT molecular complexity index is 505. The van der Waals surface area contributed by atoms with Crippen molar-refractivity contribution in [3.8, 4) is 5.75 Å². The van der Waals surface area contributed by atoms with Gasteiger partial charge in [-0.05, 0) is 56.9 Å². The molecule has 110 valence electrons. The van der Waals surface area contributed by atoms with Crippen molar-refractivity contribution < 1.29 is 14.6 Å². The Hall–Kier alpha value is -1.55. The van der Waals surface area contributed by atoms with Crippen molar-refractivity contribution >= 4 is 5.97 Å². The average Bonchev–Trinajstić information content (AvgIpc) is 2.35. The molecule has 0 aliphatic heterocycles. The van der Waals surface area contributed by atoms with Gasteiger partial charge in [-0.1, -0.05) is 6.07 Å². The number of esters is 1. The van der Waals surface area contributed by atoms with Crippen LogP contribution in [0.3, 0.4) is 0 Å². The maximum Gasteiger partial charge on any atom is 0.310 e. The summed E-state index contributed by atoms with van der Waals surface area (Å²) in [5, 5.41) is 9.66. The molecule has 0 radical (unpaired) electrons. The lowest BCUT2D eigenvalue weighted by atomic mass is 9.75. The molecule has 0 spiro atoms. The van der Waals surface area contributed by atoms with Crippen LogP contribution in [-0.4, -0.2) is 23.2 Å². The number of phenols is 1. The van der Waals surface area contributed by atoms with Gasteiger partial charge in [0.2, 0.25) is 0 Å². The minimum Gasteiger partial charge on any atom is -0.508 e. The van der Waals surface area contributed by atoms with Gasteiger partial charge in [0.15, 0.2) is 0 Å². The zero-order valence-corrected chi connectivity index (χ0v) is 12.3. The number of rotatable bonds is 2. The Balaban J connectivity index is 2.27. The van der Waals surface area contributed by atoms with Crippen LogP contribution in [0.5, 0.6) is 5.75 Å². The van der Waals surface area contributed by atoms with Crippen LogP contribution < -0.4 is 5.73 Å². The standard InChI is InChI=1S/C16H23NO3/c1-16(2,3)20-15(19)12-7-5-10-4-6-11(18)8-13(10)14(12)9-17/h4,6,8,12,14,18H,5,7,9,17H2,1-3H3/t12-,14?/m0/s1. The van der Waals surface area contributed by atoms with Gasteiger partial charge < -0.3 is 15.6 Å². The molecule has 1 aliphatic carbocycles. The van der Waals surface area contributed by atoms with E-state index >= 15 is 0 Å². The zero-order valence-electron chi connectivity index (χ0n) is 12.3. The third-order valence-electron chi connectivity index (χ3n) is 3.70. The molecule has 3 N–H and O–H groups in total. The van der Waals surface area contributed by atoms with Gasteiger partial charge in [-0.25, -0.2) is 0 Å². The van der Waals surface area contributed by atoms with E-state index in [1.807, 2.05) is 26.8 Å². The van der Waals surface area contributed by atoms with Crippen LogP contribution in [0.2, 0.25) is 0 Å². The van der Waals surface area contributed by atoms with Gasteiger partial charge >= 0.3 is 5.97 Å². The highest BCUT2D eigenvalue weighted by molar-refractivity contribution is 5.75. The largest absolute Gasteiger partial charge is 0.508 e. The van der Waals surface area contributed by atoms with Crippen LogP contribution >= 0.6 is 0 Å². The van der Waals surface area contributed by atoms with E-state index in [9.17, 15) is 9.90 Å². The van der Waals surface area contributed by atoms with Gasteiger partial charge in [0.05, 0.1) is 5.92 Å². The Labute approximate surface area is 119 Å². The summed E-state index contributed by atoms with van der Waals surface area (Å²) >= 11 is 0. The van der Waals surface area contributed by atoms with E-state index in [0.717, 1.165) is 24.0 Å². The van der Waals surface area contributed by atoms with Crippen molar-refractivity contribution in [2.75, 3.05) is 6.54 Å². The first-order valence-corrected chi connectivity index (χ1v) is 7.06. The van der Waals surface area contributed by atoms with Gasteiger partial charge in [-0.2, -0.15) is 0 Å². The second-order valence-electron chi connectivity index (χ2n) is 6.40. The molecule has 0 amide bonds. The zero-order chi connectivity index (χ0) is 14.9. The fourth-order valence-electron chi connectivity index (χ4n) is 2.83. The van der Waals surface area contributed by atoms with Gasteiger partial charge in [-0.3, -0.25) is 4.79 Å². The number of ether oxygens (including phenoxy) is 1. The predicted octanol–water partition coefficient (Wildman–Crippen LogP) is 2.34. The van der Waals surface area contributed by atoms with Gasteiger partial charge in [-0.15, -0.1) is 0 Å². The van der Waals surface area contributed by atoms with Crippen molar-refractivity contribution in [2.45, 2.75) is 45.1 Å².